The number of allylic oxidation sites excluding steroid dienone is 6. The summed E-state index contributed by atoms with van der Waals surface area (Å²) in [6.45, 7) is 3.80. The predicted molar refractivity (Wildman–Crippen MR) is 349 cm³/mol. The van der Waals surface area contributed by atoms with Gasteiger partial charge in [-0.05, 0) is 51.4 Å². The third-order valence-electron chi connectivity index (χ3n) is 16.0. The van der Waals surface area contributed by atoms with Crippen molar-refractivity contribution in [2.75, 3.05) is 26.4 Å². The van der Waals surface area contributed by atoms with Gasteiger partial charge in [0.1, 0.15) is 6.61 Å². The number of phosphoric acid groups is 1. The van der Waals surface area contributed by atoms with E-state index >= 15 is 0 Å². The fraction of sp³-hybridized carbons (Fsp3) is 0.887. The lowest BCUT2D eigenvalue weighted by Gasteiger charge is -2.19. The smallest absolute Gasteiger partial charge is 0.462 e. The first-order valence-electron chi connectivity index (χ1n) is 35.5. The van der Waals surface area contributed by atoms with Crippen molar-refractivity contribution in [3.8, 4) is 0 Å². The minimum atomic E-state index is -4.39. The van der Waals surface area contributed by atoms with Crippen molar-refractivity contribution >= 4 is 19.8 Å². The molecule has 0 saturated heterocycles. The van der Waals surface area contributed by atoms with E-state index in [1.165, 1.54) is 295 Å². The Morgan fingerprint density at radius 1 is 0.370 bits per heavy atom. The molecule has 0 aliphatic rings. The third-order valence-corrected chi connectivity index (χ3v) is 17.0. The highest BCUT2D eigenvalue weighted by Gasteiger charge is 2.26. The molecule has 81 heavy (non-hydrogen) atoms. The molecular weight excluding hydrogens is 1030 g/mol. The van der Waals surface area contributed by atoms with Crippen LogP contribution in [0.5, 0.6) is 0 Å². The van der Waals surface area contributed by atoms with Gasteiger partial charge in [-0.1, -0.05) is 346 Å². The molecule has 0 heterocycles. The minimum absolute atomic E-state index is 0.0570. The first-order chi connectivity index (χ1) is 39.8. The summed E-state index contributed by atoms with van der Waals surface area (Å²) >= 11 is 0. The van der Waals surface area contributed by atoms with E-state index in [-0.39, 0.29) is 38.6 Å². The Kier molecular flexibility index (Phi) is 65.9. The van der Waals surface area contributed by atoms with Crippen LogP contribution in [0, 0.1) is 0 Å². The molecule has 0 spiro atoms. The monoisotopic (exact) mass is 1160 g/mol. The van der Waals surface area contributed by atoms with Gasteiger partial charge in [-0.2, -0.15) is 0 Å². The average Bonchev–Trinajstić information content (AvgIpc) is 3.46. The van der Waals surface area contributed by atoms with Crippen LogP contribution in [0.3, 0.4) is 0 Å². The number of phosphoric ester groups is 1. The summed E-state index contributed by atoms with van der Waals surface area (Å²) in [4.78, 5) is 35.3. The van der Waals surface area contributed by atoms with Crippen LogP contribution < -0.4 is 5.73 Å². The summed E-state index contributed by atoms with van der Waals surface area (Å²) < 4.78 is 33.2. The highest BCUT2D eigenvalue weighted by Crippen LogP contribution is 2.43. The Hall–Kier alpha value is -1.77. The van der Waals surface area contributed by atoms with E-state index in [1.54, 1.807) is 0 Å². The van der Waals surface area contributed by atoms with Crippen LogP contribution in [0.4, 0.5) is 0 Å². The molecule has 10 heteroatoms. The molecule has 2 unspecified atom stereocenters. The van der Waals surface area contributed by atoms with E-state index in [0.717, 1.165) is 44.9 Å². The highest BCUT2D eigenvalue weighted by atomic mass is 31.2. The Morgan fingerprint density at radius 2 is 0.642 bits per heavy atom. The van der Waals surface area contributed by atoms with Crippen molar-refractivity contribution in [3.63, 3.8) is 0 Å². The second-order valence-corrected chi connectivity index (χ2v) is 25.6. The van der Waals surface area contributed by atoms with Crippen LogP contribution in [0.15, 0.2) is 36.5 Å². The van der Waals surface area contributed by atoms with Crippen LogP contribution >= 0.6 is 7.82 Å². The molecule has 3 N–H and O–H groups in total. The standard InChI is InChI=1S/C71H136NO8P/c1-3-5-7-9-11-13-15-17-19-21-23-24-25-26-27-28-29-30-31-32-33-34-35-36-37-38-39-40-41-42-43-44-46-48-50-52-54-56-58-60-62-64-71(74)80-69(68-79-81(75,76)78-66-65-72)67-77-70(73)63-61-59-57-55-53-51-49-47-45-22-20-18-16-14-12-10-8-6-4-2/h15,17,21,23,25-26,69H,3-14,16,18-20,22,24,27-68,72H2,1-2H3,(H,75,76)/b17-15-,23-21-,26-25-. The molecule has 2 atom stereocenters. The fourth-order valence-corrected chi connectivity index (χ4v) is 11.5. The number of hydrogen-bond acceptors (Lipinski definition) is 8. The second kappa shape index (κ2) is 67.4. The van der Waals surface area contributed by atoms with Gasteiger partial charge in [0.15, 0.2) is 6.10 Å². The Morgan fingerprint density at radius 3 is 0.951 bits per heavy atom. The summed E-state index contributed by atoms with van der Waals surface area (Å²) in [5, 5.41) is 0. The molecule has 0 aliphatic heterocycles. The van der Waals surface area contributed by atoms with Gasteiger partial charge in [0.25, 0.3) is 0 Å². The molecule has 0 aromatic rings. The maximum atomic E-state index is 12.8. The summed E-state index contributed by atoms with van der Waals surface area (Å²) in [5.41, 5.74) is 5.40. The minimum Gasteiger partial charge on any atom is -0.462 e. The predicted octanol–water partition coefficient (Wildman–Crippen LogP) is 23.1. The molecular formula is C71H136NO8P. The zero-order chi connectivity index (χ0) is 58.7. The van der Waals surface area contributed by atoms with Gasteiger partial charge in [-0.25, -0.2) is 4.57 Å². The highest BCUT2D eigenvalue weighted by molar-refractivity contribution is 7.47. The van der Waals surface area contributed by atoms with Crippen LogP contribution in [-0.4, -0.2) is 49.3 Å². The Balaban J connectivity index is 3.74. The van der Waals surface area contributed by atoms with Crippen LogP contribution in [0.25, 0.3) is 0 Å². The quantitative estimate of drug-likeness (QED) is 0.0264. The lowest BCUT2D eigenvalue weighted by atomic mass is 10.0. The maximum Gasteiger partial charge on any atom is 0.472 e. The number of rotatable bonds is 68. The lowest BCUT2D eigenvalue weighted by molar-refractivity contribution is -0.161. The topological polar surface area (TPSA) is 134 Å². The average molecular weight is 1160 g/mol. The van der Waals surface area contributed by atoms with Crippen molar-refractivity contribution in [2.24, 2.45) is 5.73 Å². The number of ether oxygens (including phenoxy) is 2. The molecule has 0 aromatic carbocycles. The van der Waals surface area contributed by atoms with Crippen molar-refractivity contribution in [2.45, 2.75) is 380 Å². The number of carbonyl (C=O) groups excluding carboxylic acids is 2. The molecule has 0 aromatic heterocycles. The summed E-state index contributed by atoms with van der Waals surface area (Å²) in [6, 6.07) is 0. The number of nitrogens with two attached hydrogens (primary N) is 1. The van der Waals surface area contributed by atoms with Gasteiger partial charge >= 0.3 is 19.8 Å². The van der Waals surface area contributed by atoms with E-state index in [2.05, 4.69) is 50.3 Å². The Labute approximate surface area is 503 Å². The first-order valence-corrected chi connectivity index (χ1v) is 37.0. The maximum absolute atomic E-state index is 12.8. The molecule has 0 bridgehead atoms. The van der Waals surface area contributed by atoms with Crippen LogP contribution in [0.2, 0.25) is 0 Å². The summed E-state index contributed by atoms with van der Waals surface area (Å²) in [6.07, 6.45) is 84.0. The molecule has 9 nitrogen and oxygen atoms in total. The van der Waals surface area contributed by atoms with E-state index < -0.39 is 26.5 Å². The largest absolute Gasteiger partial charge is 0.472 e. The molecule has 0 radical (unpaired) electrons. The molecule has 0 saturated carbocycles. The second-order valence-electron chi connectivity index (χ2n) is 24.1. The number of unbranched alkanes of at least 4 members (excludes halogenated alkanes) is 49. The number of hydrogen-bond donors (Lipinski definition) is 2. The van der Waals surface area contributed by atoms with E-state index in [9.17, 15) is 19.0 Å². The normalized spacial score (nSPS) is 13.1. The lowest BCUT2D eigenvalue weighted by Crippen LogP contribution is -2.29. The van der Waals surface area contributed by atoms with Crippen LogP contribution in [-0.2, 0) is 32.7 Å². The molecule has 478 valence electrons. The van der Waals surface area contributed by atoms with Crippen molar-refractivity contribution in [3.05, 3.63) is 36.5 Å². The number of esters is 2. The van der Waals surface area contributed by atoms with Gasteiger partial charge in [-0.3, -0.25) is 18.6 Å². The molecule has 0 rings (SSSR count). The van der Waals surface area contributed by atoms with Gasteiger partial charge in [0, 0.05) is 19.4 Å². The van der Waals surface area contributed by atoms with Gasteiger partial charge < -0.3 is 20.1 Å². The van der Waals surface area contributed by atoms with E-state index in [0.29, 0.717) is 6.42 Å². The molecule has 0 aliphatic carbocycles. The summed E-state index contributed by atoms with van der Waals surface area (Å²) in [7, 11) is -4.39. The van der Waals surface area contributed by atoms with E-state index in [4.69, 9.17) is 24.3 Å². The van der Waals surface area contributed by atoms with Crippen molar-refractivity contribution in [1.82, 2.24) is 0 Å². The Bertz CT molecular complexity index is 1420. The summed E-state index contributed by atoms with van der Waals surface area (Å²) in [5.74, 6) is -0.803. The van der Waals surface area contributed by atoms with Gasteiger partial charge in [-0.15, -0.1) is 0 Å². The van der Waals surface area contributed by atoms with Gasteiger partial charge in [0.2, 0.25) is 0 Å². The van der Waals surface area contributed by atoms with Crippen molar-refractivity contribution in [1.29, 1.82) is 0 Å². The first kappa shape index (κ1) is 79.2. The van der Waals surface area contributed by atoms with Crippen molar-refractivity contribution < 1.29 is 37.6 Å². The molecule has 0 fully saturated rings. The zero-order valence-electron chi connectivity index (χ0n) is 53.8. The molecule has 0 amide bonds. The third kappa shape index (κ3) is 67.2. The van der Waals surface area contributed by atoms with Crippen LogP contribution in [0.1, 0.15) is 373 Å². The SMILES string of the molecule is CCCCCCC/C=C\C/C=C\C/C=C\CCCCCCCCCCCCCCCCCCCCCCCCCCCCC(=O)OC(COC(=O)CCCCCCCCCCCCCCCCCCCCC)COP(=O)(O)OCCN. The van der Waals surface area contributed by atoms with Gasteiger partial charge in [0.05, 0.1) is 13.2 Å². The van der Waals surface area contributed by atoms with E-state index in [1.807, 2.05) is 0 Å². The number of carbonyl (C=O) groups is 2. The zero-order valence-corrected chi connectivity index (χ0v) is 54.7. The fourth-order valence-electron chi connectivity index (χ4n) is 10.8.